The quantitative estimate of drug-likeness (QED) is 0.773. The third-order valence-corrected chi connectivity index (χ3v) is 5.05. The van der Waals surface area contributed by atoms with Crippen LogP contribution >= 0.6 is 11.3 Å². The van der Waals surface area contributed by atoms with Gasteiger partial charge in [-0.15, -0.1) is 11.3 Å². The molecule has 0 bridgehead atoms. The number of thiophene rings is 1. The molecule has 0 saturated carbocycles. The Balaban J connectivity index is 1.53. The van der Waals surface area contributed by atoms with E-state index in [9.17, 15) is 0 Å². The summed E-state index contributed by atoms with van der Waals surface area (Å²) >= 11 is 1.68. The molecule has 1 fully saturated rings. The molecule has 1 N–H and O–H groups in total. The second-order valence-corrected chi connectivity index (χ2v) is 6.69. The summed E-state index contributed by atoms with van der Waals surface area (Å²) in [6.45, 7) is 4.03. The van der Waals surface area contributed by atoms with Crippen molar-refractivity contribution in [2.24, 2.45) is 0 Å². The molecule has 0 amide bonds. The average molecular weight is 340 g/mol. The van der Waals surface area contributed by atoms with Crippen molar-refractivity contribution in [1.82, 2.24) is 9.97 Å². The van der Waals surface area contributed by atoms with Crippen LogP contribution < -0.4 is 10.2 Å². The Morgan fingerprint density at radius 3 is 2.75 bits per heavy atom. The van der Waals surface area contributed by atoms with Gasteiger partial charge in [-0.25, -0.2) is 4.98 Å². The molecule has 0 radical (unpaired) electrons. The Morgan fingerprint density at radius 2 is 1.92 bits per heavy atom. The molecule has 3 heterocycles. The highest BCUT2D eigenvalue weighted by atomic mass is 32.1. The first-order valence-electron chi connectivity index (χ1n) is 8.26. The van der Waals surface area contributed by atoms with Crippen LogP contribution in [0.1, 0.15) is 5.56 Å². The minimum absolute atomic E-state index is 0.738. The van der Waals surface area contributed by atoms with Gasteiger partial charge in [-0.3, -0.25) is 0 Å². The monoisotopic (exact) mass is 340 g/mol. The molecule has 1 saturated heterocycles. The summed E-state index contributed by atoms with van der Waals surface area (Å²) in [5, 5.41) is 5.58. The first kappa shape index (κ1) is 15.4. The number of anilines is 2. The molecule has 5 nitrogen and oxygen atoms in total. The summed E-state index contributed by atoms with van der Waals surface area (Å²) in [4.78, 5) is 11.7. The maximum atomic E-state index is 5.43. The van der Waals surface area contributed by atoms with Crippen molar-refractivity contribution >= 4 is 33.3 Å². The molecule has 3 aromatic rings. The Labute approximate surface area is 145 Å². The fourth-order valence-corrected chi connectivity index (χ4v) is 3.64. The topological polar surface area (TPSA) is 50.3 Å². The molecule has 0 atom stereocenters. The van der Waals surface area contributed by atoms with E-state index in [1.165, 1.54) is 5.56 Å². The zero-order valence-corrected chi connectivity index (χ0v) is 14.3. The van der Waals surface area contributed by atoms with Crippen molar-refractivity contribution in [3.63, 3.8) is 0 Å². The summed E-state index contributed by atoms with van der Waals surface area (Å²) in [5.74, 6) is 1.74. The summed E-state index contributed by atoms with van der Waals surface area (Å²) < 4.78 is 6.55. The lowest BCUT2D eigenvalue weighted by atomic mass is 10.1. The average Bonchev–Trinajstić information content (AvgIpc) is 3.12. The van der Waals surface area contributed by atoms with Crippen LogP contribution in [0.2, 0.25) is 0 Å². The molecule has 6 heteroatoms. The highest BCUT2D eigenvalue weighted by Gasteiger charge is 2.17. The number of morpholine rings is 1. The highest BCUT2D eigenvalue weighted by Crippen LogP contribution is 2.28. The van der Waals surface area contributed by atoms with Crippen molar-refractivity contribution in [2.75, 3.05) is 43.1 Å². The van der Waals surface area contributed by atoms with Crippen LogP contribution in [0.25, 0.3) is 10.2 Å². The van der Waals surface area contributed by atoms with E-state index in [2.05, 4.69) is 45.9 Å². The molecule has 0 aliphatic carbocycles. The van der Waals surface area contributed by atoms with E-state index in [0.29, 0.717) is 0 Å². The smallest absolute Gasteiger partial charge is 0.228 e. The van der Waals surface area contributed by atoms with Gasteiger partial charge >= 0.3 is 0 Å². The number of hydrogen-bond donors (Lipinski definition) is 1. The van der Waals surface area contributed by atoms with Gasteiger partial charge < -0.3 is 15.0 Å². The second-order valence-electron chi connectivity index (χ2n) is 5.77. The molecular formula is C18H20N4OS. The molecule has 1 aliphatic heterocycles. The van der Waals surface area contributed by atoms with Gasteiger partial charge in [0.1, 0.15) is 5.82 Å². The number of hydrogen-bond acceptors (Lipinski definition) is 6. The molecule has 0 spiro atoms. The van der Waals surface area contributed by atoms with Gasteiger partial charge in [0.2, 0.25) is 5.95 Å². The van der Waals surface area contributed by atoms with Gasteiger partial charge in [0, 0.05) is 19.6 Å². The van der Waals surface area contributed by atoms with E-state index in [1.807, 2.05) is 6.07 Å². The van der Waals surface area contributed by atoms with Crippen molar-refractivity contribution < 1.29 is 4.74 Å². The fraction of sp³-hybridized carbons (Fsp3) is 0.333. The first-order chi connectivity index (χ1) is 11.9. The van der Waals surface area contributed by atoms with E-state index in [4.69, 9.17) is 14.7 Å². The van der Waals surface area contributed by atoms with Gasteiger partial charge in [-0.1, -0.05) is 30.3 Å². The van der Waals surface area contributed by atoms with Crippen LogP contribution in [0.5, 0.6) is 0 Å². The van der Waals surface area contributed by atoms with Crippen molar-refractivity contribution in [1.29, 1.82) is 0 Å². The minimum Gasteiger partial charge on any atom is -0.378 e. The Hall–Kier alpha value is -2.18. The molecular weight excluding hydrogens is 320 g/mol. The molecule has 1 aliphatic rings. The van der Waals surface area contributed by atoms with Gasteiger partial charge in [0.25, 0.3) is 0 Å². The van der Waals surface area contributed by atoms with Crippen molar-refractivity contribution in [3.05, 3.63) is 47.3 Å². The molecule has 24 heavy (non-hydrogen) atoms. The Bertz CT molecular complexity index is 799. The third kappa shape index (κ3) is 3.34. The van der Waals surface area contributed by atoms with Gasteiger partial charge in [-0.05, 0) is 23.4 Å². The lowest BCUT2D eigenvalue weighted by molar-refractivity contribution is 0.122. The van der Waals surface area contributed by atoms with Crippen LogP contribution in [0.4, 0.5) is 11.8 Å². The van der Waals surface area contributed by atoms with Gasteiger partial charge in [0.15, 0.2) is 0 Å². The fourth-order valence-electron chi connectivity index (χ4n) is 2.85. The second kappa shape index (κ2) is 7.15. The number of fused-ring (bicyclic) bond motifs is 1. The number of aromatic nitrogens is 2. The normalized spacial score (nSPS) is 14.9. The standard InChI is InChI=1S/C18H20N4OS/c1-2-4-14(5-3-1)6-8-19-17-16-15(7-13-24-16)20-18(21-17)22-9-11-23-12-10-22/h1-5,7,13H,6,8-12H2,(H,19,20,21). The molecule has 0 unspecified atom stereocenters. The van der Waals surface area contributed by atoms with E-state index >= 15 is 0 Å². The Morgan fingerprint density at radius 1 is 1.08 bits per heavy atom. The van der Waals surface area contributed by atoms with E-state index in [-0.39, 0.29) is 0 Å². The number of nitrogens with one attached hydrogen (secondary N) is 1. The van der Waals surface area contributed by atoms with Crippen LogP contribution in [0.15, 0.2) is 41.8 Å². The SMILES string of the molecule is c1ccc(CCNc2nc(N3CCOCC3)nc3ccsc23)cc1. The zero-order valence-electron chi connectivity index (χ0n) is 13.4. The van der Waals surface area contributed by atoms with Crippen LogP contribution in [0.3, 0.4) is 0 Å². The van der Waals surface area contributed by atoms with Crippen molar-refractivity contribution in [3.8, 4) is 0 Å². The molecule has 4 rings (SSSR count). The van der Waals surface area contributed by atoms with Crippen LogP contribution in [0, 0.1) is 0 Å². The van der Waals surface area contributed by atoms with Gasteiger partial charge in [-0.2, -0.15) is 4.98 Å². The van der Waals surface area contributed by atoms with Crippen LogP contribution in [-0.4, -0.2) is 42.8 Å². The Kier molecular flexibility index (Phi) is 4.57. The predicted octanol–water partition coefficient (Wildman–Crippen LogP) is 3.18. The van der Waals surface area contributed by atoms with E-state index < -0.39 is 0 Å². The third-order valence-electron chi connectivity index (χ3n) is 4.13. The number of nitrogens with zero attached hydrogens (tertiary/aromatic N) is 3. The molecule has 124 valence electrons. The highest BCUT2D eigenvalue weighted by molar-refractivity contribution is 7.17. The lowest BCUT2D eigenvalue weighted by Crippen LogP contribution is -2.37. The first-order valence-corrected chi connectivity index (χ1v) is 9.14. The largest absolute Gasteiger partial charge is 0.378 e. The van der Waals surface area contributed by atoms with Crippen molar-refractivity contribution in [2.45, 2.75) is 6.42 Å². The number of rotatable bonds is 5. The maximum Gasteiger partial charge on any atom is 0.228 e. The summed E-state index contributed by atoms with van der Waals surface area (Å²) in [7, 11) is 0. The van der Waals surface area contributed by atoms with Crippen LogP contribution in [-0.2, 0) is 11.2 Å². The zero-order chi connectivity index (χ0) is 16.2. The maximum absolute atomic E-state index is 5.43. The predicted molar refractivity (Wildman–Crippen MR) is 99.1 cm³/mol. The minimum atomic E-state index is 0.738. The molecule has 2 aromatic heterocycles. The molecule has 1 aromatic carbocycles. The number of ether oxygens (including phenoxy) is 1. The number of benzene rings is 1. The lowest BCUT2D eigenvalue weighted by Gasteiger charge is -2.27. The summed E-state index contributed by atoms with van der Waals surface area (Å²) in [6.07, 6.45) is 0.977. The van der Waals surface area contributed by atoms with E-state index in [1.54, 1.807) is 11.3 Å². The van der Waals surface area contributed by atoms with Gasteiger partial charge in [0.05, 0.1) is 23.4 Å². The van der Waals surface area contributed by atoms with E-state index in [0.717, 1.165) is 61.3 Å². The summed E-state index contributed by atoms with van der Waals surface area (Å²) in [6, 6.07) is 12.6. The summed E-state index contributed by atoms with van der Waals surface area (Å²) in [5.41, 5.74) is 2.34.